The SMILES string of the molecule is CC1CN(C(=O)CSc2nnnn2C(C)C)CC(C)O1. The average Bonchev–Trinajstić information content (AvgIpc) is 2.83. The molecule has 7 nitrogen and oxygen atoms in total. The third kappa shape index (κ3) is 3.69. The number of aromatic nitrogens is 4. The van der Waals surface area contributed by atoms with Gasteiger partial charge in [-0.3, -0.25) is 4.79 Å². The molecule has 0 aromatic carbocycles. The van der Waals surface area contributed by atoms with E-state index in [0.29, 0.717) is 24.0 Å². The van der Waals surface area contributed by atoms with Crippen LogP contribution >= 0.6 is 11.8 Å². The molecule has 1 amide bonds. The summed E-state index contributed by atoms with van der Waals surface area (Å²) in [6.07, 6.45) is 0.183. The Morgan fingerprint density at radius 2 is 2.05 bits per heavy atom. The second kappa shape index (κ2) is 6.53. The Morgan fingerprint density at radius 1 is 1.40 bits per heavy atom. The molecule has 1 aliphatic rings. The van der Waals surface area contributed by atoms with Crippen LogP contribution < -0.4 is 0 Å². The van der Waals surface area contributed by atoms with Crippen LogP contribution in [0.4, 0.5) is 0 Å². The minimum Gasteiger partial charge on any atom is -0.372 e. The summed E-state index contributed by atoms with van der Waals surface area (Å²) in [6, 6.07) is 0.186. The van der Waals surface area contributed by atoms with Crippen molar-refractivity contribution in [2.24, 2.45) is 0 Å². The lowest BCUT2D eigenvalue weighted by Crippen LogP contribution is -2.48. The van der Waals surface area contributed by atoms with E-state index in [1.165, 1.54) is 11.8 Å². The van der Waals surface area contributed by atoms with Crippen LogP contribution in [0.3, 0.4) is 0 Å². The molecular formula is C12H21N5O2S. The fraction of sp³-hybridized carbons (Fsp3) is 0.833. The average molecular weight is 299 g/mol. The third-order valence-corrected chi connectivity index (χ3v) is 3.97. The van der Waals surface area contributed by atoms with Crippen LogP contribution in [0, 0.1) is 0 Å². The number of rotatable bonds is 4. The topological polar surface area (TPSA) is 73.1 Å². The van der Waals surface area contributed by atoms with Crippen LogP contribution in [-0.2, 0) is 9.53 Å². The van der Waals surface area contributed by atoms with Crippen molar-refractivity contribution in [3.05, 3.63) is 0 Å². The van der Waals surface area contributed by atoms with E-state index >= 15 is 0 Å². The Kier molecular flexibility index (Phi) is 4.98. The van der Waals surface area contributed by atoms with Gasteiger partial charge in [-0.15, -0.1) is 5.10 Å². The molecule has 8 heteroatoms. The molecule has 0 spiro atoms. The molecule has 0 aliphatic carbocycles. The van der Waals surface area contributed by atoms with Crippen molar-refractivity contribution in [3.8, 4) is 0 Å². The van der Waals surface area contributed by atoms with Crippen molar-refractivity contribution in [2.75, 3.05) is 18.8 Å². The van der Waals surface area contributed by atoms with E-state index in [0.717, 1.165) is 0 Å². The summed E-state index contributed by atoms with van der Waals surface area (Å²) in [6.45, 7) is 9.30. The van der Waals surface area contributed by atoms with Gasteiger partial charge in [0.2, 0.25) is 11.1 Å². The maximum Gasteiger partial charge on any atom is 0.233 e. The van der Waals surface area contributed by atoms with Crippen LogP contribution in [0.15, 0.2) is 5.16 Å². The fourth-order valence-corrected chi connectivity index (χ4v) is 3.11. The lowest BCUT2D eigenvalue weighted by atomic mass is 10.2. The fourth-order valence-electron chi connectivity index (χ4n) is 2.20. The highest BCUT2D eigenvalue weighted by Gasteiger charge is 2.26. The zero-order valence-electron chi connectivity index (χ0n) is 12.3. The second-order valence-corrected chi connectivity index (χ2v) is 6.29. The van der Waals surface area contributed by atoms with E-state index in [1.807, 2.05) is 32.6 Å². The smallest absolute Gasteiger partial charge is 0.233 e. The molecule has 2 rings (SSSR count). The summed E-state index contributed by atoms with van der Waals surface area (Å²) in [5.41, 5.74) is 0. The lowest BCUT2D eigenvalue weighted by molar-refractivity contribution is -0.140. The normalized spacial score (nSPS) is 23.4. The van der Waals surface area contributed by atoms with E-state index in [1.54, 1.807) is 4.68 Å². The number of amides is 1. The number of nitrogens with zero attached hydrogens (tertiary/aromatic N) is 5. The maximum absolute atomic E-state index is 12.2. The van der Waals surface area contributed by atoms with Crippen LogP contribution in [-0.4, -0.2) is 62.1 Å². The number of morpholine rings is 1. The second-order valence-electron chi connectivity index (χ2n) is 5.34. The molecule has 1 fully saturated rings. The lowest BCUT2D eigenvalue weighted by Gasteiger charge is -2.35. The largest absolute Gasteiger partial charge is 0.372 e. The highest BCUT2D eigenvalue weighted by atomic mass is 32.2. The predicted octanol–water partition coefficient (Wildman–Crippen LogP) is 0.982. The Balaban J connectivity index is 1.90. The summed E-state index contributed by atoms with van der Waals surface area (Å²) in [5.74, 6) is 0.460. The van der Waals surface area contributed by atoms with Gasteiger partial charge in [0.15, 0.2) is 0 Å². The first kappa shape index (κ1) is 15.2. The Morgan fingerprint density at radius 3 is 2.65 bits per heavy atom. The van der Waals surface area contributed by atoms with Crippen LogP contribution in [0.2, 0.25) is 0 Å². The first-order valence-electron chi connectivity index (χ1n) is 6.81. The van der Waals surface area contributed by atoms with Gasteiger partial charge in [-0.1, -0.05) is 11.8 Å². The van der Waals surface area contributed by atoms with Gasteiger partial charge in [-0.25, -0.2) is 4.68 Å². The van der Waals surface area contributed by atoms with Gasteiger partial charge in [0.25, 0.3) is 0 Å². The monoisotopic (exact) mass is 299 g/mol. The molecule has 20 heavy (non-hydrogen) atoms. The maximum atomic E-state index is 12.2. The highest BCUT2D eigenvalue weighted by Crippen LogP contribution is 2.19. The third-order valence-electron chi connectivity index (χ3n) is 3.05. The molecule has 112 valence electrons. The Labute approximate surface area is 123 Å². The van der Waals surface area contributed by atoms with Crippen molar-refractivity contribution in [2.45, 2.75) is 51.1 Å². The van der Waals surface area contributed by atoms with E-state index in [4.69, 9.17) is 4.74 Å². The molecule has 0 N–H and O–H groups in total. The number of hydrogen-bond acceptors (Lipinski definition) is 6. The van der Waals surface area contributed by atoms with E-state index < -0.39 is 0 Å². The number of ether oxygens (including phenoxy) is 1. The molecule has 0 saturated carbocycles. The minimum absolute atomic E-state index is 0.0914. The summed E-state index contributed by atoms with van der Waals surface area (Å²) >= 11 is 1.38. The summed E-state index contributed by atoms with van der Waals surface area (Å²) in [4.78, 5) is 14.1. The molecule has 0 radical (unpaired) electrons. The Hall–Kier alpha value is -1.15. The zero-order valence-corrected chi connectivity index (χ0v) is 13.1. The van der Waals surface area contributed by atoms with Gasteiger partial charge in [-0.05, 0) is 38.1 Å². The van der Waals surface area contributed by atoms with Crippen molar-refractivity contribution in [1.82, 2.24) is 25.1 Å². The quantitative estimate of drug-likeness (QED) is 0.772. The summed E-state index contributed by atoms with van der Waals surface area (Å²) in [7, 11) is 0. The first-order valence-corrected chi connectivity index (χ1v) is 7.79. The summed E-state index contributed by atoms with van der Waals surface area (Å²) < 4.78 is 7.36. The molecule has 1 saturated heterocycles. The number of carbonyl (C=O) groups is 1. The summed E-state index contributed by atoms with van der Waals surface area (Å²) in [5, 5.41) is 12.2. The molecule has 0 bridgehead atoms. The highest BCUT2D eigenvalue weighted by molar-refractivity contribution is 7.99. The van der Waals surface area contributed by atoms with Crippen molar-refractivity contribution < 1.29 is 9.53 Å². The van der Waals surface area contributed by atoms with Gasteiger partial charge in [0.1, 0.15) is 0 Å². The standard InChI is InChI=1S/C12H21N5O2S/c1-8(2)17-12(13-14-15-17)20-7-11(18)16-5-9(3)19-10(4)6-16/h8-10H,5-7H2,1-4H3. The van der Waals surface area contributed by atoms with Crippen LogP contribution in [0.25, 0.3) is 0 Å². The van der Waals surface area contributed by atoms with Gasteiger partial charge in [0.05, 0.1) is 24.0 Å². The van der Waals surface area contributed by atoms with Crippen LogP contribution in [0.1, 0.15) is 33.7 Å². The minimum atomic E-state index is 0.0914. The van der Waals surface area contributed by atoms with Crippen molar-refractivity contribution >= 4 is 17.7 Å². The molecule has 2 heterocycles. The van der Waals surface area contributed by atoms with Gasteiger partial charge >= 0.3 is 0 Å². The molecule has 1 aromatic heterocycles. The van der Waals surface area contributed by atoms with Crippen molar-refractivity contribution in [1.29, 1.82) is 0 Å². The van der Waals surface area contributed by atoms with Crippen molar-refractivity contribution in [3.63, 3.8) is 0 Å². The van der Waals surface area contributed by atoms with Gasteiger partial charge in [-0.2, -0.15) is 0 Å². The van der Waals surface area contributed by atoms with E-state index in [9.17, 15) is 4.79 Å². The predicted molar refractivity (Wildman–Crippen MR) is 75.5 cm³/mol. The van der Waals surface area contributed by atoms with E-state index in [2.05, 4.69) is 15.5 Å². The zero-order chi connectivity index (χ0) is 14.7. The number of carbonyl (C=O) groups excluding carboxylic acids is 1. The molecule has 1 aromatic rings. The van der Waals surface area contributed by atoms with Gasteiger partial charge < -0.3 is 9.64 Å². The van der Waals surface area contributed by atoms with E-state index in [-0.39, 0.29) is 24.2 Å². The number of tetrazole rings is 1. The number of hydrogen-bond donors (Lipinski definition) is 0. The van der Waals surface area contributed by atoms with Gasteiger partial charge in [0, 0.05) is 13.1 Å². The Bertz CT molecular complexity index is 454. The molecule has 2 atom stereocenters. The molecule has 2 unspecified atom stereocenters. The first-order chi connectivity index (χ1) is 9.47. The molecule has 1 aliphatic heterocycles. The number of thioether (sulfide) groups is 1. The van der Waals surface area contributed by atoms with Crippen LogP contribution in [0.5, 0.6) is 0 Å². The molecular weight excluding hydrogens is 278 g/mol.